The Morgan fingerprint density at radius 1 is 1.00 bits per heavy atom. The molecule has 7 heteroatoms. The number of carbonyl (C=O) groups is 3. The summed E-state index contributed by atoms with van der Waals surface area (Å²) in [7, 11) is 0. The predicted octanol–water partition coefficient (Wildman–Crippen LogP) is -0.0415. The second-order valence-electron chi connectivity index (χ2n) is 3.83. The maximum Gasteiger partial charge on any atom is 0.307 e. The van der Waals surface area contributed by atoms with E-state index in [1.807, 2.05) is 0 Å². The van der Waals surface area contributed by atoms with Gasteiger partial charge in [0.2, 0.25) is 0 Å². The normalized spacial score (nSPS) is 12.4. The molecule has 0 aliphatic rings. The summed E-state index contributed by atoms with van der Waals surface area (Å²) < 4.78 is 0. The average Bonchev–Trinajstić information content (AvgIpc) is 2.21. The fourth-order valence-corrected chi connectivity index (χ4v) is 1.27. The van der Waals surface area contributed by atoms with Crippen molar-refractivity contribution in [2.45, 2.75) is 19.8 Å². The van der Waals surface area contributed by atoms with Gasteiger partial charge in [-0.05, 0) is 0 Å². The topological polar surface area (TPSA) is 115 Å². The molecule has 0 aliphatic carbocycles. The van der Waals surface area contributed by atoms with Gasteiger partial charge in [-0.15, -0.1) is 0 Å². The summed E-state index contributed by atoms with van der Waals surface area (Å²) in [6.07, 6.45) is -0.266. The molecule has 0 rings (SSSR count). The first-order valence-electron chi connectivity index (χ1n) is 5.21. The van der Waals surface area contributed by atoms with Gasteiger partial charge in [0.15, 0.2) is 0 Å². The van der Waals surface area contributed by atoms with Crippen molar-refractivity contribution in [1.82, 2.24) is 4.90 Å². The molecule has 0 saturated heterocycles. The van der Waals surface area contributed by atoms with Gasteiger partial charge in [-0.3, -0.25) is 14.4 Å². The summed E-state index contributed by atoms with van der Waals surface area (Å²) in [5, 5.41) is 25.8. The Bertz CT molecular complexity index is 273. The molecule has 0 aliphatic heterocycles. The zero-order valence-corrected chi connectivity index (χ0v) is 9.63. The molecule has 0 saturated carbocycles. The highest BCUT2D eigenvalue weighted by Gasteiger charge is 2.17. The number of aliphatic carboxylic acids is 3. The lowest BCUT2D eigenvalue weighted by atomic mass is 10.1. The van der Waals surface area contributed by atoms with Crippen LogP contribution in [0.15, 0.2) is 0 Å². The molecule has 17 heavy (non-hydrogen) atoms. The van der Waals surface area contributed by atoms with Crippen molar-refractivity contribution in [1.29, 1.82) is 0 Å². The second-order valence-corrected chi connectivity index (χ2v) is 3.83. The van der Waals surface area contributed by atoms with Crippen LogP contribution in [-0.4, -0.2) is 57.8 Å². The van der Waals surface area contributed by atoms with E-state index in [1.54, 1.807) is 4.90 Å². The van der Waals surface area contributed by atoms with Crippen LogP contribution in [-0.2, 0) is 14.4 Å². The lowest BCUT2D eigenvalue weighted by molar-refractivity contribution is -0.141. The summed E-state index contributed by atoms with van der Waals surface area (Å²) in [5.41, 5.74) is 0. The maximum absolute atomic E-state index is 10.7. The first-order valence-corrected chi connectivity index (χ1v) is 5.21. The molecular formula is C10H17NO6. The first-order chi connectivity index (χ1) is 7.82. The van der Waals surface area contributed by atoms with Gasteiger partial charge in [-0.25, -0.2) is 0 Å². The Hall–Kier alpha value is -1.63. The summed E-state index contributed by atoms with van der Waals surface area (Å²) in [6.45, 7) is 1.95. The highest BCUT2D eigenvalue weighted by atomic mass is 16.4. The molecule has 0 aromatic heterocycles. The van der Waals surface area contributed by atoms with E-state index in [-0.39, 0.29) is 32.5 Å². The van der Waals surface area contributed by atoms with Crippen LogP contribution in [0.5, 0.6) is 0 Å². The Balaban J connectivity index is 4.23. The fourth-order valence-electron chi connectivity index (χ4n) is 1.27. The van der Waals surface area contributed by atoms with Crippen molar-refractivity contribution in [3.63, 3.8) is 0 Å². The van der Waals surface area contributed by atoms with Crippen molar-refractivity contribution in [2.75, 3.05) is 19.6 Å². The number of carboxylic acids is 3. The Labute approximate surface area is 98.7 Å². The van der Waals surface area contributed by atoms with Crippen LogP contribution in [0.25, 0.3) is 0 Å². The van der Waals surface area contributed by atoms with Crippen LogP contribution in [0.1, 0.15) is 19.8 Å². The monoisotopic (exact) mass is 247 g/mol. The average molecular weight is 247 g/mol. The summed E-state index contributed by atoms with van der Waals surface area (Å²) >= 11 is 0. The van der Waals surface area contributed by atoms with Gasteiger partial charge in [0.1, 0.15) is 0 Å². The lowest BCUT2D eigenvalue weighted by Crippen LogP contribution is -2.35. The molecule has 0 aromatic rings. The van der Waals surface area contributed by atoms with E-state index in [0.29, 0.717) is 0 Å². The second kappa shape index (κ2) is 7.61. The molecule has 0 aromatic carbocycles. The van der Waals surface area contributed by atoms with Crippen LogP contribution >= 0.6 is 0 Å². The SMILES string of the molecule is CC(CN(CCC(=O)O)CCC(=O)O)C(=O)O. The minimum atomic E-state index is -0.992. The first kappa shape index (κ1) is 15.4. The van der Waals surface area contributed by atoms with Crippen molar-refractivity contribution < 1.29 is 29.7 Å². The summed E-state index contributed by atoms with van der Waals surface area (Å²) in [6, 6.07) is 0. The van der Waals surface area contributed by atoms with Gasteiger partial charge in [0.25, 0.3) is 0 Å². The van der Waals surface area contributed by atoms with Crippen LogP contribution in [0.2, 0.25) is 0 Å². The number of nitrogens with zero attached hydrogens (tertiary/aromatic N) is 1. The Morgan fingerprint density at radius 2 is 1.41 bits per heavy atom. The van der Waals surface area contributed by atoms with E-state index in [2.05, 4.69) is 0 Å². The van der Waals surface area contributed by atoms with E-state index >= 15 is 0 Å². The number of hydrogen-bond donors (Lipinski definition) is 3. The number of carboxylic acid groups (broad SMARTS) is 3. The van der Waals surface area contributed by atoms with Gasteiger partial charge < -0.3 is 20.2 Å². The molecule has 0 bridgehead atoms. The molecule has 3 N–H and O–H groups in total. The third-order valence-corrected chi connectivity index (χ3v) is 2.24. The summed E-state index contributed by atoms with van der Waals surface area (Å²) in [4.78, 5) is 33.0. The molecule has 1 unspecified atom stereocenters. The third-order valence-electron chi connectivity index (χ3n) is 2.24. The fraction of sp³-hybridized carbons (Fsp3) is 0.700. The van der Waals surface area contributed by atoms with E-state index in [4.69, 9.17) is 15.3 Å². The quantitative estimate of drug-likeness (QED) is 0.523. The van der Waals surface area contributed by atoms with Gasteiger partial charge in [0, 0.05) is 19.6 Å². The molecular weight excluding hydrogens is 230 g/mol. The number of rotatable bonds is 9. The predicted molar refractivity (Wildman–Crippen MR) is 57.7 cm³/mol. The molecule has 7 nitrogen and oxygen atoms in total. The standard InChI is InChI=1S/C10H17NO6/c1-7(10(16)17)6-11(4-2-8(12)13)5-3-9(14)15/h7H,2-6H2,1H3,(H,12,13)(H,14,15)(H,16,17). The highest BCUT2D eigenvalue weighted by molar-refractivity contribution is 5.70. The molecule has 0 spiro atoms. The van der Waals surface area contributed by atoms with Gasteiger partial charge in [-0.2, -0.15) is 0 Å². The molecule has 0 amide bonds. The zero-order chi connectivity index (χ0) is 13.4. The van der Waals surface area contributed by atoms with E-state index in [0.717, 1.165) is 0 Å². The number of hydrogen-bond acceptors (Lipinski definition) is 4. The van der Waals surface area contributed by atoms with E-state index in [1.165, 1.54) is 6.92 Å². The molecule has 0 fully saturated rings. The van der Waals surface area contributed by atoms with Gasteiger partial charge >= 0.3 is 17.9 Å². The highest BCUT2D eigenvalue weighted by Crippen LogP contribution is 2.03. The third kappa shape index (κ3) is 8.21. The molecule has 1 atom stereocenters. The minimum absolute atomic E-state index is 0.133. The smallest absolute Gasteiger partial charge is 0.307 e. The van der Waals surface area contributed by atoms with Crippen molar-refractivity contribution in [3.8, 4) is 0 Å². The Kier molecular flexibility index (Phi) is 6.88. The van der Waals surface area contributed by atoms with Crippen LogP contribution in [0, 0.1) is 5.92 Å². The largest absolute Gasteiger partial charge is 0.481 e. The summed E-state index contributed by atoms with van der Waals surface area (Å²) in [5.74, 6) is -3.63. The van der Waals surface area contributed by atoms with E-state index < -0.39 is 23.8 Å². The molecule has 0 heterocycles. The maximum atomic E-state index is 10.7. The Morgan fingerprint density at radius 3 is 1.71 bits per heavy atom. The molecule has 98 valence electrons. The zero-order valence-electron chi connectivity index (χ0n) is 9.63. The van der Waals surface area contributed by atoms with Crippen LogP contribution < -0.4 is 0 Å². The van der Waals surface area contributed by atoms with Crippen LogP contribution in [0.3, 0.4) is 0 Å². The van der Waals surface area contributed by atoms with E-state index in [9.17, 15) is 14.4 Å². The molecule has 0 radical (unpaired) electrons. The lowest BCUT2D eigenvalue weighted by Gasteiger charge is -2.22. The van der Waals surface area contributed by atoms with Crippen molar-refractivity contribution >= 4 is 17.9 Å². The van der Waals surface area contributed by atoms with Crippen molar-refractivity contribution in [3.05, 3.63) is 0 Å². The van der Waals surface area contributed by atoms with Crippen LogP contribution in [0.4, 0.5) is 0 Å². The van der Waals surface area contributed by atoms with Crippen molar-refractivity contribution in [2.24, 2.45) is 5.92 Å². The van der Waals surface area contributed by atoms with Gasteiger partial charge in [-0.1, -0.05) is 6.92 Å². The van der Waals surface area contributed by atoms with Gasteiger partial charge in [0.05, 0.1) is 18.8 Å². The minimum Gasteiger partial charge on any atom is -0.481 e.